The van der Waals surface area contributed by atoms with Crippen molar-refractivity contribution in [3.8, 4) is 0 Å². The summed E-state index contributed by atoms with van der Waals surface area (Å²) < 4.78 is 0. The summed E-state index contributed by atoms with van der Waals surface area (Å²) in [5.74, 6) is -1.41. The second-order valence-electron chi connectivity index (χ2n) is 3.87. The lowest BCUT2D eigenvalue weighted by Gasteiger charge is -2.13. The largest absolute Gasteiger partial charge is 0.480 e. The molecular weight excluding hydrogens is 238 g/mol. The van der Waals surface area contributed by atoms with Crippen molar-refractivity contribution in [2.75, 3.05) is 5.75 Å². The van der Waals surface area contributed by atoms with Gasteiger partial charge in [0.2, 0.25) is 0 Å². The molecule has 1 amide bonds. The first-order chi connectivity index (χ1) is 7.95. The number of hydrogen-bond acceptors (Lipinski definition) is 3. The molecule has 0 spiro atoms. The monoisotopic (exact) mass is 253 g/mol. The minimum absolute atomic E-state index is 0.0615. The molecule has 0 heterocycles. The predicted octanol–water partition coefficient (Wildman–Crippen LogP) is 1.42. The van der Waals surface area contributed by atoms with E-state index in [0.717, 1.165) is 11.1 Å². The van der Waals surface area contributed by atoms with Gasteiger partial charge in [0, 0.05) is 11.3 Å². The second-order valence-corrected chi connectivity index (χ2v) is 4.23. The summed E-state index contributed by atoms with van der Waals surface area (Å²) in [6.07, 6.45) is 0. The van der Waals surface area contributed by atoms with E-state index in [1.54, 1.807) is 6.07 Å². The van der Waals surface area contributed by atoms with E-state index in [4.69, 9.17) is 5.11 Å². The minimum Gasteiger partial charge on any atom is -0.480 e. The van der Waals surface area contributed by atoms with Gasteiger partial charge in [-0.05, 0) is 25.5 Å². The molecule has 0 aliphatic rings. The SMILES string of the molecule is Cc1ccc(C(=O)NC(CS)C(=O)O)c(C)c1. The maximum atomic E-state index is 11.8. The van der Waals surface area contributed by atoms with Crippen LogP contribution < -0.4 is 5.32 Å². The van der Waals surface area contributed by atoms with Crippen LogP contribution in [0.3, 0.4) is 0 Å². The lowest BCUT2D eigenvalue weighted by molar-refractivity contribution is -0.138. The maximum absolute atomic E-state index is 11.8. The number of aliphatic carboxylic acids is 1. The van der Waals surface area contributed by atoms with Gasteiger partial charge in [-0.15, -0.1) is 0 Å². The van der Waals surface area contributed by atoms with E-state index in [0.29, 0.717) is 5.56 Å². The normalized spacial score (nSPS) is 11.9. The number of thiol groups is 1. The Labute approximate surface area is 105 Å². The molecule has 0 saturated heterocycles. The van der Waals surface area contributed by atoms with E-state index in [9.17, 15) is 9.59 Å². The third-order valence-electron chi connectivity index (χ3n) is 2.41. The highest BCUT2D eigenvalue weighted by Gasteiger charge is 2.19. The zero-order valence-electron chi connectivity index (χ0n) is 9.73. The Balaban J connectivity index is 2.86. The van der Waals surface area contributed by atoms with Crippen molar-refractivity contribution in [2.45, 2.75) is 19.9 Å². The van der Waals surface area contributed by atoms with Crippen molar-refractivity contribution in [1.29, 1.82) is 0 Å². The molecule has 1 aromatic rings. The molecule has 1 rings (SSSR count). The molecule has 4 nitrogen and oxygen atoms in total. The molecule has 0 aromatic heterocycles. The number of carboxylic acids is 1. The lowest BCUT2D eigenvalue weighted by atomic mass is 10.0. The molecular formula is C12H15NO3S. The number of nitrogens with one attached hydrogen (secondary N) is 1. The van der Waals surface area contributed by atoms with Crippen LogP contribution in [-0.4, -0.2) is 28.8 Å². The molecule has 0 aliphatic carbocycles. The summed E-state index contributed by atoms with van der Waals surface area (Å²) in [6.45, 7) is 3.75. The van der Waals surface area contributed by atoms with Crippen LogP contribution in [0.4, 0.5) is 0 Å². The number of carbonyl (C=O) groups is 2. The third-order valence-corrected chi connectivity index (χ3v) is 2.78. The molecule has 0 bridgehead atoms. The average molecular weight is 253 g/mol. The van der Waals surface area contributed by atoms with Crippen LogP contribution in [0.15, 0.2) is 18.2 Å². The third kappa shape index (κ3) is 3.49. The minimum atomic E-state index is -1.09. The van der Waals surface area contributed by atoms with E-state index in [-0.39, 0.29) is 11.7 Å². The summed E-state index contributed by atoms with van der Waals surface area (Å²) in [4.78, 5) is 22.6. The number of amides is 1. The highest BCUT2D eigenvalue weighted by molar-refractivity contribution is 7.80. The molecule has 0 saturated carbocycles. The smallest absolute Gasteiger partial charge is 0.327 e. The van der Waals surface area contributed by atoms with Crippen molar-refractivity contribution in [2.24, 2.45) is 0 Å². The molecule has 1 aromatic carbocycles. The quantitative estimate of drug-likeness (QED) is 0.711. The van der Waals surface area contributed by atoms with Crippen LogP contribution in [0.5, 0.6) is 0 Å². The molecule has 92 valence electrons. The van der Waals surface area contributed by atoms with E-state index in [1.165, 1.54) is 0 Å². The topological polar surface area (TPSA) is 66.4 Å². The Morgan fingerprint density at radius 1 is 1.41 bits per heavy atom. The van der Waals surface area contributed by atoms with Gasteiger partial charge in [-0.1, -0.05) is 17.7 Å². The molecule has 0 fully saturated rings. The van der Waals surface area contributed by atoms with Gasteiger partial charge in [-0.3, -0.25) is 4.79 Å². The number of rotatable bonds is 4. The fourth-order valence-corrected chi connectivity index (χ4v) is 1.74. The zero-order chi connectivity index (χ0) is 13.0. The van der Waals surface area contributed by atoms with Crippen molar-refractivity contribution in [3.63, 3.8) is 0 Å². The van der Waals surface area contributed by atoms with Gasteiger partial charge in [-0.25, -0.2) is 4.79 Å². The van der Waals surface area contributed by atoms with Crippen LogP contribution in [0.1, 0.15) is 21.5 Å². The van der Waals surface area contributed by atoms with Crippen LogP contribution >= 0.6 is 12.6 Å². The van der Waals surface area contributed by atoms with Gasteiger partial charge in [-0.2, -0.15) is 12.6 Å². The first kappa shape index (κ1) is 13.6. The van der Waals surface area contributed by atoms with Gasteiger partial charge in [0.25, 0.3) is 5.91 Å². The molecule has 1 unspecified atom stereocenters. The average Bonchev–Trinajstić information content (AvgIpc) is 2.24. The molecule has 2 N–H and O–H groups in total. The van der Waals surface area contributed by atoms with Gasteiger partial charge >= 0.3 is 5.97 Å². The number of carboxylic acid groups (broad SMARTS) is 1. The van der Waals surface area contributed by atoms with E-state index in [2.05, 4.69) is 17.9 Å². The van der Waals surface area contributed by atoms with E-state index < -0.39 is 12.0 Å². The number of aryl methyl sites for hydroxylation is 2. The number of hydrogen-bond donors (Lipinski definition) is 3. The maximum Gasteiger partial charge on any atom is 0.327 e. The molecule has 0 radical (unpaired) electrons. The first-order valence-electron chi connectivity index (χ1n) is 5.17. The van der Waals surface area contributed by atoms with Gasteiger partial charge in [0.05, 0.1) is 0 Å². The van der Waals surface area contributed by atoms with Crippen molar-refractivity contribution < 1.29 is 14.7 Å². The van der Waals surface area contributed by atoms with Crippen molar-refractivity contribution >= 4 is 24.5 Å². The highest BCUT2D eigenvalue weighted by atomic mass is 32.1. The highest BCUT2D eigenvalue weighted by Crippen LogP contribution is 2.10. The Morgan fingerprint density at radius 2 is 2.06 bits per heavy atom. The van der Waals surface area contributed by atoms with Crippen molar-refractivity contribution in [3.05, 3.63) is 34.9 Å². The fraction of sp³-hybridized carbons (Fsp3) is 0.333. The summed E-state index contributed by atoms with van der Waals surface area (Å²) in [5, 5.41) is 11.2. The molecule has 0 aliphatic heterocycles. The van der Waals surface area contributed by atoms with Crippen LogP contribution in [0.2, 0.25) is 0 Å². The standard InChI is InChI=1S/C12H15NO3S/c1-7-3-4-9(8(2)5-7)11(14)13-10(6-17)12(15)16/h3-5,10,17H,6H2,1-2H3,(H,13,14)(H,15,16). The predicted molar refractivity (Wildman–Crippen MR) is 68.7 cm³/mol. The summed E-state index contributed by atoms with van der Waals surface area (Å²) in [7, 11) is 0. The Morgan fingerprint density at radius 3 is 2.53 bits per heavy atom. The summed E-state index contributed by atoms with van der Waals surface area (Å²) in [5.41, 5.74) is 2.37. The van der Waals surface area contributed by atoms with Gasteiger partial charge in [0.15, 0.2) is 0 Å². The van der Waals surface area contributed by atoms with E-state index >= 15 is 0 Å². The molecule has 5 heteroatoms. The number of benzene rings is 1. The molecule has 17 heavy (non-hydrogen) atoms. The molecule has 1 atom stereocenters. The van der Waals surface area contributed by atoms with Crippen LogP contribution in [-0.2, 0) is 4.79 Å². The lowest BCUT2D eigenvalue weighted by Crippen LogP contribution is -2.42. The van der Waals surface area contributed by atoms with Crippen LogP contribution in [0, 0.1) is 13.8 Å². The fourth-order valence-electron chi connectivity index (χ4n) is 1.49. The Bertz CT molecular complexity index is 445. The van der Waals surface area contributed by atoms with Gasteiger partial charge < -0.3 is 10.4 Å². The zero-order valence-corrected chi connectivity index (χ0v) is 10.6. The van der Waals surface area contributed by atoms with E-state index in [1.807, 2.05) is 26.0 Å². The Hall–Kier alpha value is -1.49. The Kier molecular flexibility index (Phi) is 4.57. The second kappa shape index (κ2) is 5.72. The van der Waals surface area contributed by atoms with Crippen molar-refractivity contribution in [1.82, 2.24) is 5.32 Å². The first-order valence-corrected chi connectivity index (χ1v) is 5.80. The number of carbonyl (C=O) groups excluding carboxylic acids is 1. The summed E-state index contributed by atoms with van der Waals surface area (Å²) >= 11 is 3.89. The van der Waals surface area contributed by atoms with Crippen LogP contribution in [0.25, 0.3) is 0 Å². The van der Waals surface area contributed by atoms with Gasteiger partial charge in [0.1, 0.15) is 6.04 Å². The summed E-state index contributed by atoms with van der Waals surface area (Å²) in [6, 6.07) is 4.42.